The summed E-state index contributed by atoms with van der Waals surface area (Å²) in [5.41, 5.74) is 4.39. The molecule has 1 N–H and O–H groups in total. The Morgan fingerprint density at radius 2 is 2.21 bits per heavy atom. The highest BCUT2D eigenvalue weighted by Crippen LogP contribution is 2.38. The molecule has 0 spiro atoms. The maximum absolute atomic E-state index is 5.60. The molecule has 5 rings (SSSR count). The van der Waals surface area contributed by atoms with Crippen molar-refractivity contribution in [1.82, 2.24) is 34.3 Å². The molecule has 0 aromatic carbocycles. The van der Waals surface area contributed by atoms with Gasteiger partial charge in [0.25, 0.3) is 0 Å². The van der Waals surface area contributed by atoms with Crippen LogP contribution >= 0.6 is 11.5 Å². The van der Waals surface area contributed by atoms with E-state index in [1.54, 1.807) is 11.0 Å². The zero-order valence-electron chi connectivity index (χ0n) is 15.9. The summed E-state index contributed by atoms with van der Waals surface area (Å²) in [7, 11) is 1.89. The molecule has 1 aliphatic heterocycles. The fourth-order valence-corrected chi connectivity index (χ4v) is 4.38. The number of fused-ring (bicyclic) bond motifs is 1. The predicted molar refractivity (Wildman–Crippen MR) is 107 cm³/mol. The average molecular weight is 396 g/mol. The van der Waals surface area contributed by atoms with Crippen molar-refractivity contribution in [3.63, 3.8) is 0 Å². The zero-order valence-corrected chi connectivity index (χ0v) is 16.7. The standard InChI is InChI=1S/C18H20N8OS/c1-10-6-13(23-22-10)15-16-17(28-24-15)12(18-19-9-20-25(18)3)7-14(21-16)26-4-5-27-8-11(26)2/h6-7,9,11H,4-5,8H2,1-3H3,(H,22,23)/t11-/m1/s1. The van der Waals surface area contributed by atoms with E-state index in [4.69, 9.17) is 9.72 Å². The van der Waals surface area contributed by atoms with Crippen molar-refractivity contribution in [2.75, 3.05) is 24.7 Å². The van der Waals surface area contributed by atoms with Crippen LogP contribution in [-0.2, 0) is 11.8 Å². The topological polar surface area (TPSA) is 97.6 Å². The summed E-state index contributed by atoms with van der Waals surface area (Å²) in [6.45, 7) is 6.30. The summed E-state index contributed by atoms with van der Waals surface area (Å²) in [5.74, 6) is 1.69. The van der Waals surface area contributed by atoms with E-state index in [1.807, 2.05) is 20.0 Å². The van der Waals surface area contributed by atoms with Gasteiger partial charge in [0.1, 0.15) is 29.0 Å². The van der Waals surface area contributed by atoms with Gasteiger partial charge in [-0.3, -0.25) is 5.10 Å². The molecule has 1 fully saturated rings. The number of aromatic amines is 1. The van der Waals surface area contributed by atoms with E-state index in [0.29, 0.717) is 13.2 Å². The summed E-state index contributed by atoms with van der Waals surface area (Å²) in [6, 6.07) is 4.32. The molecule has 10 heteroatoms. The number of nitrogens with one attached hydrogen (secondary N) is 1. The Morgan fingerprint density at radius 1 is 1.32 bits per heavy atom. The van der Waals surface area contributed by atoms with Crippen molar-refractivity contribution in [2.24, 2.45) is 7.05 Å². The molecule has 1 saturated heterocycles. The monoisotopic (exact) mass is 396 g/mol. The van der Waals surface area contributed by atoms with Crippen molar-refractivity contribution < 1.29 is 4.74 Å². The average Bonchev–Trinajstić information content (AvgIpc) is 3.41. The lowest BCUT2D eigenvalue weighted by atomic mass is 10.1. The Bertz CT molecular complexity index is 1150. The lowest BCUT2D eigenvalue weighted by Crippen LogP contribution is -2.44. The van der Waals surface area contributed by atoms with Crippen LogP contribution in [0.25, 0.3) is 33.0 Å². The van der Waals surface area contributed by atoms with Gasteiger partial charge in [-0.05, 0) is 37.5 Å². The van der Waals surface area contributed by atoms with Crippen molar-refractivity contribution in [3.05, 3.63) is 24.2 Å². The number of aromatic nitrogens is 7. The van der Waals surface area contributed by atoms with Crippen molar-refractivity contribution in [3.8, 4) is 22.8 Å². The third kappa shape index (κ3) is 2.76. The Balaban J connectivity index is 1.75. The molecule has 1 atom stereocenters. The minimum atomic E-state index is 0.244. The molecule has 1 aliphatic rings. The van der Waals surface area contributed by atoms with Crippen molar-refractivity contribution in [2.45, 2.75) is 19.9 Å². The first kappa shape index (κ1) is 17.3. The molecular weight excluding hydrogens is 376 g/mol. The summed E-state index contributed by atoms with van der Waals surface area (Å²) in [6.07, 6.45) is 1.57. The molecule has 0 aliphatic carbocycles. The molecule has 9 nitrogen and oxygen atoms in total. The smallest absolute Gasteiger partial charge is 0.159 e. The third-order valence-electron chi connectivity index (χ3n) is 4.97. The van der Waals surface area contributed by atoms with E-state index >= 15 is 0 Å². The van der Waals surface area contributed by atoms with Crippen LogP contribution in [0.5, 0.6) is 0 Å². The largest absolute Gasteiger partial charge is 0.377 e. The number of aryl methyl sites for hydroxylation is 2. The highest BCUT2D eigenvalue weighted by Gasteiger charge is 2.25. The van der Waals surface area contributed by atoms with E-state index in [0.717, 1.165) is 51.0 Å². The number of H-pyrrole nitrogens is 1. The van der Waals surface area contributed by atoms with Crippen LogP contribution in [0.4, 0.5) is 5.82 Å². The normalized spacial score (nSPS) is 17.5. The zero-order chi connectivity index (χ0) is 19.3. The summed E-state index contributed by atoms with van der Waals surface area (Å²) in [4.78, 5) is 11.7. The van der Waals surface area contributed by atoms with E-state index in [2.05, 4.69) is 42.5 Å². The van der Waals surface area contributed by atoms with Gasteiger partial charge in [-0.25, -0.2) is 14.6 Å². The molecule has 0 amide bonds. The highest BCUT2D eigenvalue weighted by atomic mass is 32.1. The number of pyridine rings is 1. The number of anilines is 1. The van der Waals surface area contributed by atoms with Crippen LogP contribution in [0.15, 0.2) is 18.5 Å². The number of hydrogen-bond donors (Lipinski definition) is 1. The van der Waals surface area contributed by atoms with Gasteiger partial charge in [0.2, 0.25) is 0 Å². The van der Waals surface area contributed by atoms with Crippen LogP contribution in [0.2, 0.25) is 0 Å². The Labute approximate surface area is 165 Å². The number of nitrogens with zero attached hydrogens (tertiary/aromatic N) is 7. The first-order valence-corrected chi connectivity index (χ1v) is 9.90. The van der Waals surface area contributed by atoms with Crippen molar-refractivity contribution in [1.29, 1.82) is 0 Å². The van der Waals surface area contributed by atoms with Gasteiger partial charge < -0.3 is 9.64 Å². The molecule has 0 saturated carbocycles. The molecule has 28 heavy (non-hydrogen) atoms. The quantitative estimate of drug-likeness (QED) is 0.568. The van der Waals surface area contributed by atoms with Crippen LogP contribution in [-0.4, -0.2) is 60.1 Å². The van der Waals surface area contributed by atoms with Crippen LogP contribution in [0, 0.1) is 6.92 Å². The number of rotatable bonds is 3. The maximum atomic E-state index is 5.60. The molecule has 0 radical (unpaired) electrons. The second kappa shape index (κ2) is 6.64. The van der Waals surface area contributed by atoms with Gasteiger partial charge in [0.15, 0.2) is 5.82 Å². The fraction of sp³-hybridized carbons (Fsp3) is 0.389. The van der Waals surface area contributed by atoms with Crippen LogP contribution in [0.1, 0.15) is 12.6 Å². The maximum Gasteiger partial charge on any atom is 0.159 e. The van der Waals surface area contributed by atoms with Gasteiger partial charge in [0.05, 0.1) is 24.0 Å². The molecule has 4 aromatic heterocycles. The first-order chi connectivity index (χ1) is 13.6. The van der Waals surface area contributed by atoms with E-state index in [9.17, 15) is 0 Å². The molecule has 5 heterocycles. The molecule has 0 unspecified atom stereocenters. The van der Waals surface area contributed by atoms with E-state index in [1.165, 1.54) is 11.5 Å². The summed E-state index contributed by atoms with van der Waals surface area (Å²) >= 11 is 1.42. The SMILES string of the molecule is Cc1cc(-c2nsc3c(-c4ncnn4C)cc(N4CCOC[C@H]4C)nc23)n[nH]1. The Kier molecular flexibility index (Phi) is 4.09. The summed E-state index contributed by atoms with van der Waals surface area (Å²) in [5, 5.41) is 11.6. The second-order valence-electron chi connectivity index (χ2n) is 7.00. The number of morpholine rings is 1. The van der Waals surface area contributed by atoms with Crippen molar-refractivity contribution >= 4 is 27.6 Å². The predicted octanol–water partition coefficient (Wildman–Crippen LogP) is 2.41. The highest BCUT2D eigenvalue weighted by molar-refractivity contribution is 7.14. The minimum absolute atomic E-state index is 0.244. The van der Waals surface area contributed by atoms with Gasteiger partial charge >= 0.3 is 0 Å². The molecular formula is C18H20N8OS. The molecule has 4 aromatic rings. The lowest BCUT2D eigenvalue weighted by molar-refractivity contribution is 0.0986. The van der Waals surface area contributed by atoms with Gasteiger partial charge in [0, 0.05) is 24.8 Å². The van der Waals surface area contributed by atoms with E-state index in [-0.39, 0.29) is 6.04 Å². The van der Waals surface area contributed by atoms with Crippen LogP contribution < -0.4 is 4.90 Å². The van der Waals surface area contributed by atoms with Gasteiger partial charge in [-0.15, -0.1) is 0 Å². The second-order valence-corrected chi connectivity index (χ2v) is 7.77. The minimum Gasteiger partial charge on any atom is -0.377 e. The lowest BCUT2D eigenvalue weighted by Gasteiger charge is -2.34. The number of hydrogen-bond acceptors (Lipinski definition) is 8. The number of ether oxygens (including phenoxy) is 1. The van der Waals surface area contributed by atoms with Gasteiger partial charge in [-0.2, -0.15) is 14.6 Å². The summed E-state index contributed by atoms with van der Waals surface area (Å²) < 4.78 is 13.0. The van der Waals surface area contributed by atoms with Gasteiger partial charge in [-0.1, -0.05) is 0 Å². The third-order valence-corrected chi connectivity index (χ3v) is 5.84. The fourth-order valence-electron chi connectivity index (χ4n) is 3.54. The van der Waals surface area contributed by atoms with Crippen LogP contribution in [0.3, 0.4) is 0 Å². The Hall–Kier alpha value is -2.85. The molecule has 144 valence electrons. The first-order valence-electron chi connectivity index (χ1n) is 9.13. The van der Waals surface area contributed by atoms with E-state index < -0.39 is 0 Å². The molecule has 0 bridgehead atoms. The Morgan fingerprint density at radius 3 is 2.93 bits per heavy atom.